The Balaban J connectivity index is 0.00000218. The highest BCUT2D eigenvalue weighted by Crippen LogP contribution is 2.50. The normalized spacial score (nSPS) is 29.7. The van der Waals surface area contributed by atoms with E-state index in [4.69, 9.17) is 11.6 Å². The monoisotopic (exact) mass is 449 g/mol. The molecule has 4 atom stereocenters. The highest BCUT2D eigenvalue weighted by atomic mass is 35.5. The molecule has 0 N–H and O–H groups in total. The zero-order valence-corrected chi connectivity index (χ0v) is 19.4. The van der Waals surface area contributed by atoms with Gasteiger partial charge in [-0.1, -0.05) is 35.4 Å². The Morgan fingerprint density at radius 3 is 2.57 bits per heavy atom. The van der Waals surface area contributed by atoms with E-state index >= 15 is 0 Å². The second-order valence-corrected chi connectivity index (χ2v) is 9.63. The van der Waals surface area contributed by atoms with Gasteiger partial charge in [-0.25, -0.2) is 0 Å². The Morgan fingerprint density at radius 1 is 1.03 bits per heavy atom. The van der Waals surface area contributed by atoms with Crippen molar-refractivity contribution in [3.05, 3.63) is 46.7 Å². The fraction of sp³-hybridized carbons (Fsp3) is 0.652. The van der Waals surface area contributed by atoms with Crippen LogP contribution in [0.3, 0.4) is 0 Å². The minimum atomic E-state index is 0. The van der Waals surface area contributed by atoms with Gasteiger partial charge < -0.3 is 4.90 Å². The molecule has 5 nitrogen and oxygen atoms in total. The van der Waals surface area contributed by atoms with Crippen LogP contribution in [0.4, 0.5) is 0 Å². The van der Waals surface area contributed by atoms with Gasteiger partial charge in [-0.05, 0) is 75.9 Å². The largest absolute Gasteiger partial charge is 0.301 e. The Morgan fingerprint density at radius 2 is 1.80 bits per heavy atom. The molecular weight excluding hydrogens is 417 g/mol. The first-order valence-electron chi connectivity index (χ1n) is 11.3. The van der Waals surface area contributed by atoms with Crippen molar-refractivity contribution in [3.8, 4) is 0 Å². The van der Waals surface area contributed by atoms with Crippen LogP contribution in [0.25, 0.3) is 0 Å². The van der Waals surface area contributed by atoms with Crippen LogP contribution < -0.4 is 0 Å². The number of piperidine rings is 2. The fourth-order valence-electron chi connectivity index (χ4n) is 5.93. The van der Waals surface area contributed by atoms with E-state index in [1.54, 1.807) is 0 Å². The number of rotatable bonds is 5. The molecule has 1 aromatic heterocycles. The Kier molecular flexibility index (Phi) is 7.03. The summed E-state index contributed by atoms with van der Waals surface area (Å²) in [6.45, 7) is 4.49. The molecule has 0 aliphatic carbocycles. The zero-order valence-electron chi connectivity index (χ0n) is 17.8. The van der Waals surface area contributed by atoms with Crippen LogP contribution in [0, 0.1) is 0 Å². The molecule has 3 saturated heterocycles. The number of halogens is 2. The number of likely N-dealkylation sites (tertiary alicyclic amines) is 1. The number of hydrogen-bond donors (Lipinski definition) is 0. The van der Waals surface area contributed by atoms with E-state index in [-0.39, 0.29) is 12.4 Å². The fourth-order valence-corrected chi connectivity index (χ4v) is 6.05. The summed E-state index contributed by atoms with van der Waals surface area (Å²) in [5.74, 6) is 0.900. The Hall–Kier alpha value is -1.14. The Labute approximate surface area is 191 Å². The van der Waals surface area contributed by atoms with Gasteiger partial charge in [0.1, 0.15) is 0 Å². The number of hydrogen-bond acceptors (Lipinski definition) is 4. The maximum Gasteiger partial charge on any atom is 0.0879 e. The van der Waals surface area contributed by atoms with Crippen molar-refractivity contribution in [3.63, 3.8) is 0 Å². The third-order valence-electron chi connectivity index (χ3n) is 7.56. The minimum Gasteiger partial charge on any atom is -0.301 e. The molecule has 3 aliphatic heterocycles. The maximum absolute atomic E-state index is 6.16. The quantitative estimate of drug-likeness (QED) is 0.669. The van der Waals surface area contributed by atoms with Crippen molar-refractivity contribution in [1.29, 1.82) is 0 Å². The lowest BCUT2D eigenvalue weighted by atomic mass is 9.75. The van der Waals surface area contributed by atoms with E-state index in [2.05, 4.69) is 50.2 Å². The van der Waals surface area contributed by atoms with E-state index in [0.29, 0.717) is 23.9 Å². The highest BCUT2D eigenvalue weighted by Gasteiger charge is 2.47. The smallest absolute Gasteiger partial charge is 0.0879 e. The van der Waals surface area contributed by atoms with Crippen molar-refractivity contribution in [2.45, 2.75) is 69.0 Å². The molecule has 0 radical (unpaired) electrons. The molecule has 0 unspecified atom stereocenters. The first-order chi connectivity index (χ1) is 14.2. The molecule has 0 amide bonds. The predicted octanol–water partition coefficient (Wildman–Crippen LogP) is 4.57. The first-order valence-corrected chi connectivity index (χ1v) is 11.7. The first kappa shape index (κ1) is 22.1. The predicted molar refractivity (Wildman–Crippen MR) is 124 cm³/mol. The summed E-state index contributed by atoms with van der Waals surface area (Å²) in [6.07, 6.45) is 10.0. The summed E-state index contributed by atoms with van der Waals surface area (Å²) < 4.78 is 2.07. The van der Waals surface area contributed by atoms with Gasteiger partial charge in [0.05, 0.1) is 12.2 Å². The van der Waals surface area contributed by atoms with Crippen LogP contribution in [0.2, 0.25) is 5.02 Å². The summed E-state index contributed by atoms with van der Waals surface area (Å²) in [5.41, 5.74) is 2.56. The molecule has 1 aromatic carbocycles. The summed E-state index contributed by atoms with van der Waals surface area (Å²) in [7, 11) is 2.30. The molecule has 3 fully saturated rings. The van der Waals surface area contributed by atoms with Crippen LogP contribution in [-0.2, 0) is 6.54 Å². The molecule has 164 valence electrons. The summed E-state index contributed by atoms with van der Waals surface area (Å²) in [6, 6.07) is 9.73. The molecule has 3 aliphatic rings. The number of benzene rings is 1. The van der Waals surface area contributed by atoms with Gasteiger partial charge in [0.15, 0.2) is 0 Å². The van der Waals surface area contributed by atoms with Gasteiger partial charge in [0, 0.05) is 35.8 Å². The molecule has 2 bridgehead atoms. The SMILES string of the molecule is CN1[C@H]2CC[C@@H]1[C@@H](c1cn(CCN3CCCCC3)nn1)[C@@H](c1ccc(Cl)cc1)C2.Cl. The maximum atomic E-state index is 6.16. The molecule has 30 heavy (non-hydrogen) atoms. The second-order valence-electron chi connectivity index (χ2n) is 9.19. The average molecular weight is 450 g/mol. The summed E-state index contributed by atoms with van der Waals surface area (Å²) in [5, 5.41) is 10.0. The Bertz CT molecular complexity index is 817. The lowest BCUT2D eigenvalue weighted by Crippen LogP contribution is -2.44. The number of nitrogens with zero attached hydrogens (tertiary/aromatic N) is 5. The van der Waals surface area contributed by atoms with Crippen LogP contribution in [-0.4, -0.2) is 63.6 Å². The van der Waals surface area contributed by atoms with Crippen molar-refractivity contribution in [2.75, 3.05) is 26.7 Å². The average Bonchev–Trinajstić information content (AvgIpc) is 3.30. The minimum absolute atomic E-state index is 0. The van der Waals surface area contributed by atoms with Crippen molar-refractivity contribution in [1.82, 2.24) is 24.8 Å². The van der Waals surface area contributed by atoms with Gasteiger partial charge in [-0.15, -0.1) is 17.5 Å². The molecule has 0 spiro atoms. The molecule has 7 heteroatoms. The van der Waals surface area contributed by atoms with E-state index in [9.17, 15) is 0 Å². The van der Waals surface area contributed by atoms with Crippen molar-refractivity contribution >= 4 is 24.0 Å². The lowest BCUT2D eigenvalue weighted by Gasteiger charge is -2.42. The topological polar surface area (TPSA) is 37.2 Å². The summed E-state index contributed by atoms with van der Waals surface area (Å²) >= 11 is 6.16. The van der Waals surface area contributed by atoms with Gasteiger partial charge >= 0.3 is 0 Å². The molecule has 5 rings (SSSR count). The zero-order chi connectivity index (χ0) is 19.8. The second kappa shape index (κ2) is 9.56. The van der Waals surface area contributed by atoms with Gasteiger partial charge in [-0.3, -0.25) is 9.58 Å². The standard InChI is InChI=1S/C23H32ClN5.ClH/c1-27-19-9-10-22(27)23(20(15-19)17-5-7-18(24)8-6-17)21-16-29(26-25-21)14-13-28-11-3-2-4-12-28;/h5-8,16,19-20,22-23H,2-4,9-15H2,1H3;1H/t19-,20+,22+,23+;/m0./s1. The van der Waals surface area contributed by atoms with Gasteiger partial charge in [0.25, 0.3) is 0 Å². The van der Waals surface area contributed by atoms with E-state index in [1.165, 1.54) is 62.9 Å². The molecular formula is C23H33Cl2N5. The number of fused-ring (bicyclic) bond motifs is 2. The van der Waals surface area contributed by atoms with Crippen LogP contribution in [0.1, 0.15) is 61.6 Å². The third-order valence-corrected chi connectivity index (χ3v) is 7.81. The number of likely N-dealkylation sites (N-methyl/N-ethyl adjacent to an activating group) is 1. The third kappa shape index (κ3) is 4.40. The number of aromatic nitrogens is 3. The molecule has 2 aromatic rings. The van der Waals surface area contributed by atoms with E-state index < -0.39 is 0 Å². The molecule has 4 heterocycles. The van der Waals surface area contributed by atoms with Crippen LogP contribution in [0.15, 0.2) is 30.5 Å². The molecule has 0 saturated carbocycles. The van der Waals surface area contributed by atoms with E-state index in [0.717, 1.165) is 18.1 Å². The van der Waals surface area contributed by atoms with E-state index in [1.807, 2.05) is 12.1 Å². The van der Waals surface area contributed by atoms with Crippen molar-refractivity contribution in [2.24, 2.45) is 0 Å². The van der Waals surface area contributed by atoms with Gasteiger partial charge in [-0.2, -0.15) is 0 Å². The van der Waals surface area contributed by atoms with Crippen LogP contribution in [0.5, 0.6) is 0 Å². The van der Waals surface area contributed by atoms with Crippen LogP contribution >= 0.6 is 24.0 Å². The highest BCUT2D eigenvalue weighted by molar-refractivity contribution is 6.30. The summed E-state index contributed by atoms with van der Waals surface area (Å²) in [4.78, 5) is 5.17. The van der Waals surface area contributed by atoms with Gasteiger partial charge in [0.2, 0.25) is 0 Å². The van der Waals surface area contributed by atoms with Crippen molar-refractivity contribution < 1.29 is 0 Å². The lowest BCUT2D eigenvalue weighted by molar-refractivity contribution is 0.135.